The maximum Gasteiger partial charge on any atom is 0.0978 e. The summed E-state index contributed by atoms with van der Waals surface area (Å²) >= 11 is 0. The smallest absolute Gasteiger partial charge is 0.0978 e. The molecule has 12 heteroatoms. The van der Waals surface area contributed by atoms with Crippen LogP contribution in [0.1, 0.15) is 0 Å². The zero-order valence-corrected chi connectivity index (χ0v) is 51.4. The molecule has 0 fully saturated rings. The molecule has 12 aromatic heterocycles. The molecule has 0 aliphatic heterocycles. The van der Waals surface area contributed by atoms with Crippen molar-refractivity contribution in [3.05, 3.63) is 316 Å². The normalized spacial score (nSPS) is 11.3. The van der Waals surface area contributed by atoms with Crippen LogP contribution in [0.4, 0.5) is 0 Å². The molecule has 448 valence electrons. The van der Waals surface area contributed by atoms with Gasteiger partial charge in [0.15, 0.2) is 0 Å². The van der Waals surface area contributed by atoms with Crippen molar-refractivity contribution in [1.82, 2.24) is 59.8 Å². The van der Waals surface area contributed by atoms with Crippen LogP contribution in [0.25, 0.3) is 178 Å². The number of para-hydroxylation sites is 2. The lowest BCUT2D eigenvalue weighted by molar-refractivity contribution is 1.21. The Hall–Kier alpha value is -13.3. The molecule has 0 radical (unpaired) electrons. The van der Waals surface area contributed by atoms with Gasteiger partial charge in [-0.1, -0.05) is 158 Å². The van der Waals surface area contributed by atoms with E-state index < -0.39 is 0 Å². The minimum atomic E-state index is 0.762. The van der Waals surface area contributed by atoms with E-state index in [9.17, 15) is 0 Å². The summed E-state index contributed by atoms with van der Waals surface area (Å²) < 4.78 is 0. The van der Waals surface area contributed by atoms with Crippen LogP contribution in [0.5, 0.6) is 0 Å². The van der Waals surface area contributed by atoms with E-state index in [1.54, 1.807) is 24.8 Å². The molecule has 96 heavy (non-hydrogen) atoms. The van der Waals surface area contributed by atoms with Crippen molar-refractivity contribution in [1.29, 1.82) is 0 Å². The summed E-state index contributed by atoms with van der Waals surface area (Å²) in [5.41, 5.74) is 23.3. The maximum atomic E-state index is 5.20. The number of hydrogen-bond donors (Lipinski definition) is 0. The monoisotopic (exact) mass is 1230 g/mol. The molecule has 18 aromatic rings. The van der Waals surface area contributed by atoms with Crippen LogP contribution in [0, 0.1) is 0 Å². The van der Waals surface area contributed by atoms with E-state index in [0.717, 1.165) is 167 Å². The highest BCUT2D eigenvalue weighted by atomic mass is 14.8. The predicted molar refractivity (Wildman–Crippen MR) is 386 cm³/mol. The van der Waals surface area contributed by atoms with Crippen molar-refractivity contribution in [3.63, 3.8) is 0 Å². The number of fused-ring (bicyclic) bond motifs is 8. The van der Waals surface area contributed by atoms with E-state index in [1.165, 1.54) is 11.1 Å². The summed E-state index contributed by atoms with van der Waals surface area (Å²) in [5, 5.41) is 6.49. The molecule has 0 atom stereocenters. The van der Waals surface area contributed by atoms with Crippen LogP contribution in [-0.2, 0) is 0 Å². The zero-order valence-electron chi connectivity index (χ0n) is 51.4. The Morgan fingerprint density at radius 3 is 0.875 bits per heavy atom. The van der Waals surface area contributed by atoms with Gasteiger partial charge in [0, 0.05) is 103 Å². The van der Waals surface area contributed by atoms with Gasteiger partial charge in [-0.2, -0.15) is 0 Å². The predicted octanol–water partition coefficient (Wildman–Crippen LogP) is 19.7. The lowest BCUT2D eigenvalue weighted by atomic mass is 9.95. The largest absolute Gasteiger partial charge is 0.256 e. The summed E-state index contributed by atoms with van der Waals surface area (Å²) in [6, 6.07) is 94.2. The second-order valence-electron chi connectivity index (χ2n) is 23.2. The molecule has 0 saturated carbocycles. The fraction of sp³-hybridized carbons (Fsp3) is 0. The van der Waals surface area contributed by atoms with Crippen molar-refractivity contribution in [3.8, 4) is 113 Å². The topological polar surface area (TPSA) is 155 Å². The van der Waals surface area contributed by atoms with Gasteiger partial charge in [0.1, 0.15) is 0 Å². The molecule has 0 saturated heterocycles. The van der Waals surface area contributed by atoms with Crippen LogP contribution in [0.3, 0.4) is 0 Å². The zero-order chi connectivity index (χ0) is 63.7. The van der Waals surface area contributed by atoms with E-state index in [1.807, 2.05) is 146 Å². The summed E-state index contributed by atoms with van der Waals surface area (Å²) in [4.78, 5) is 58.5. The van der Waals surface area contributed by atoms with E-state index in [-0.39, 0.29) is 0 Å². The first-order valence-corrected chi connectivity index (χ1v) is 31.6. The minimum Gasteiger partial charge on any atom is -0.256 e. The molecule has 0 unspecified atom stereocenters. The highest BCUT2D eigenvalue weighted by Gasteiger charge is 2.19. The van der Waals surface area contributed by atoms with Gasteiger partial charge in [-0.3, -0.25) is 29.9 Å². The van der Waals surface area contributed by atoms with Crippen LogP contribution >= 0.6 is 0 Å². The van der Waals surface area contributed by atoms with E-state index >= 15 is 0 Å². The van der Waals surface area contributed by atoms with Crippen LogP contribution in [0.15, 0.2) is 316 Å². The molecule has 0 bridgehead atoms. The van der Waals surface area contributed by atoms with Crippen LogP contribution in [-0.4, -0.2) is 59.8 Å². The molecule has 0 amide bonds. The Labute approximate surface area is 551 Å². The lowest BCUT2D eigenvalue weighted by Crippen LogP contribution is -1.95. The number of pyridine rings is 12. The molecule has 0 spiro atoms. The Morgan fingerprint density at radius 2 is 0.521 bits per heavy atom. The number of rotatable bonds is 10. The average molecular weight is 1230 g/mol. The van der Waals surface area contributed by atoms with Gasteiger partial charge in [-0.25, -0.2) is 29.9 Å². The highest BCUT2D eigenvalue weighted by Crippen LogP contribution is 2.41. The molecule has 0 aliphatic carbocycles. The van der Waals surface area contributed by atoms with E-state index in [0.29, 0.717) is 0 Å². The van der Waals surface area contributed by atoms with Crippen molar-refractivity contribution < 1.29 is 0 Å². The highest BCUT2D eigenvalue weighted by molar-refractivity contribution is 6.17. The molecule has 18 rings (SSSR count). The summed E-state index contributed by atoms with van der Waals surface area (Å²) in [5.74, 6) is 0. The van der Waals surface area contributed by atoms with Crippen LogP contribution in [0.2, 0.25) is 0 Å². The van der Waals surface area contributed by atoms with Gasteiger partial charge in [-0.05, 0) is 132 Å². The van der Waals surface area contributed by atoms with Gasteiger partial charge in [0.2, 0.25) is 0 Å². The Kier molecular flexibility index (Phi) is 14.6. The molecular weight excluding hydrogens is 1180 g/mol. The molecule has 0 aliphatic rings. The summed E-state index contributed by atoms with van der Waals surface area (Å²) in [6.45, 7) is 0. The second kappa shape index (κ2) is 24.7. The Morgan fingerprint density at radius 1 is 0.177 bits per heavy atom. The number of benzene rings is 6. The average Bonchev–Trinajstić information content (AvgIpc) is 0.752. The molecule has 12 heterocycles. The standard InChI is InChI=1S/2C42H26N6/c2*1-2-10-27(11-3-1)40-31-12-4-5-13-35(31)48-42-32(40)19-16-28-17-21-34(47-41(28)42)29-18-20-33(45-26-29)30-24-38(36-14-6-8-22-43-36)46-39(25-30)37-15-7-9-23-44-37/h2*1-26H. The SMILES string of the molecule is c1ccc(-c2c3ccccc3nc3c2ccc2ccc(-c4ccc(-c5cc(-c6ccccn6)nc(-c6ccccn6)c5)nc4)nc23)cc1.c1ccc(-c2c3ccccc3nc3c2ccc2ccc(-c4ccc(-c5cc(-c6ccccn6)nc(-c6ccccn6)c5)nc4)nc23)cc1. The van der Waals surface area contributed by atoms with Gasteiger partial charge in [-0.15, -0.1) is 0 Å². The maximum absolute atomic E-state index is 5.20. The van der Waals surface area contributed by atoms with Gasteiger partial charge in [0.25, 0.3) is 0 Å². The fourth-order valence-corrected chi connectivity index (χ4v) is 12.6. The molecular formula is C84H52N12. The van der Waals surface area contributed by atoms with E-state index in [2.05, 4.69) is 166 Å². The van der Waals surface area contributed by atoms with Crippen LogP contribution < -0.4 is 0 Å². The number of hydrogen-bond acceptors (Lipinski definition) is 12. The molecule has 12 nitrogen and oxygen atoms in total. The Bertz CT molecular complexity index is 5430. The fourth-order valence-electron chi connectivity index (χ4n) is 12.6. The first-order chi connectivity index (χ1) is 47.6. The van der Waals surface area contributed by atoms with E-state index in [4.69, 9.17) is 39.9 Å². The van der Waals surface area contributed by atoms with Gasteiger partial charge in [0.05, 0.1) is 101 Å². The van der Waals surface area contributed by atoms with Crippen molar-refractivity contribution in [2.45, 2.75) is 0 Å². The molecule has 6 aromatic carbocycles. The van der Waals surface area contributed by atoms with Gasteiger partial charge >= 0.3 is 0 Å². The van der Waals surface area contributed by atoms with Crippen molar-refractivity contribution in [2.24, 2.45) is 0 Å². The third-order valence-corrected chi connectivity index (χ3v) is 17.2. The Balaban J connectivity index is 0.000000145. The third kappa shape index (κ3) is 10.9. The molecule has 0 N–H and O–H groups in total. The van der Waals surface area contributed by atoms with Gasteiger partial charge < -0.3 is 0 Å². The first-order valence-electron chi connectivity index (χ1n) is 31.6. The van der Waals surface area contributed by atoms with Crippen molar-refractivity contribution >= 4 is 65.4 Å². The lowest BCUT2D eigenvalue weighted by Gasteiger charge is -2.13. The third-order valence-electron chi connectivity index (χ3n) is 17.2. The number of nitrogens with zero attached hydrogens (tertiary/aromatic N) is 12. The minimum absolute atomic E-state index is 0.762. The summed E-state index contributed by atoms with van der Waals surface area (Å²) in [7, 11) is 0. The quantitative estimate of drug-likeness (QED) is 0.0945. The number of aromatic nitrogens is 12. The summed E-state index contributed by atoms with van der Waals surface area (Å²) in [6.07, 6.45) is 10.9. The second-order valence-corrected chi connectivity index (χ2v) is 23.2. The van der Waals surface area contributed by atoms with Crippen molar-refractivity contribution in [2.75, 3.05) is 0 Å². The first kappa shape index (κ1) is 56.6.